The van der Waals surface area contributed by atoms with Gasteiger partial charge < -0.3 is 5.21 Å². The molecule has 2 aliphatic rings. The average molecular weight is 300 g/mol. The van der Waals surface area contributed by atoms with Crippen LogP contribution in [-0.2, 0) is 9.59 Å². The van der Waals surface area contributed by atoms with Crippen LogP contribution in [0.3, 0.4) is 0 Å². The SMILES string of the molecule is C=CCN1C(=O)CSC1=[N+]([O-])N=C1SCC(=O)N1C. The van der Waals surface area contributed by atoms with Gasteiger partial charge >= 0.3 is 11.1 Å². The van der Waals surface area contributed by atoms with Crippen molar-refractivity contribution < 1.29 is 14.4 Å². The molecule has 2 heterocycles. The summed E-state index contributed by atoms with van der Waals surface area (Å²) in [7, 11) is 1.56. The maximum Gasteiger partial charge on any atom is 0.346 e. The van der Waals surface area contributed by atoms with Gasteiger partial charge in [-0.15, -0.1) is 4.85 Å². The second-order valence-electron chi connectivity index (χ2n) is 3.76. The van der Waals surface area contributed by atoms with Crippen molar-refractivity contribution in [3.8, 4) is 0 Å². The highest BCUT2D eigenvalue weighted by atomic mass is 32.2. The normalized spacial score (nSPS) is 24.6. The standard InChI is InChI=1S/C10H12N4O3S2/c1-3-4-13-8(16)6-19-10(13)14(17)11-9-12(2)7(15)5-18-9/h3H,1,4-6H2,2H3. The zero-order valence-corrected chi connectivity index (χ0v) is 11.9. The number of rotatable bonds is 3. The summed E-state index contributed by atoms with van der Waals surface area (Å²) in [6.45, 7) is 3.82. The lowest BCUT2D eigenvalue weighted by Gasteiger charge is -2.12. The van der Waals surface area contributed by atoms with Gasteiger partial charge in [-0.3, -0.25) is 9.69 Å². The van der Waals surface area contributed by atoms with E-state index in [2.05, 4.69) is 11.7 Å². The Hall–Kier alpha value is -1.48. The van der Waals surface area contributed by atoms with E-state index in [0.717, 1.165) is 11.8 Å². The number of carbonyl (C=O) groups is 2. The number of hydrazone groups is 1. The molecular weight excluding hydrogens is 288 g/mol. The summed E-state index contributed by atoms with van der Waals surface area (Å²) in [5, 5.41) is 16.4. The van der Waals surface area contributed by atoms with Gasteiger partial charge in [0.1, 0.15) is 12.3 Å². The molecule has 0 saturated carbocycles. The number of amidine groups is 2. The van der Waals surface area contributed by atoms with Gasteiger partial charge in [0, 0.05) is 7.05 Å². The van der Waals surface area contributed by atoms with Crippen LogP contribution in [0.5, 0.6) is 0 Å². The summed E-state index contributed by atoms with van der Waals surface area (Å²) in [4.78, 5) is 26.0. The van der Waals surface area contributed by atoms with Gasteiger partial charge in [-0.05, 0) is 11.8 Å². The van der Waals surface area contributed by atoms with Crippen molar-refractivity contribution in [3.63, 3.8) is 0 Å². The first-order valence-electron chi connectivity index (χ1n) is 5.41. The minimum absolute atomic E-state index is 0.0970. The lowest BCUT2D eigenvalue weighted by atomic mass is 10.5. The maximum atomic E-state index is 12.0. The molecule has 7 nitrogen and oxygen atoms in total. The first kappa shape index (κ1) is 13.9. The summed E-state index contributed by atoms with van der Waals surface area (Å²) >= 11 is 2.33. The number of amides is 2. The molecule has 2 aliphatic heterocycles. The molecule has 0 aromatic rings. The van der Waals surface area contributed by atoms with E-state index in [1.807, 2.05) is 0 Å². The lowest BCUT2D eigenvalue weighted by molar-refractivity contribution is -0.464. The van der Waals surface area contributed by atoms with Crippen LogP contribution in [0.4, 0.5) is 0 Å². The molecule has 0 aromatic carbocycles. The third-order valence-corrected chi connectivity index (χ3v) is 4.53. The van der Waals surface area contributed by atoms with E-state index in [1.165, 1.54) is 21.6 Å². The molecule has 19 heavy (non-hydrogen) atoms. The molecular formula is C10H12N4O3S2. The molecule has 2 saturated heterocycles. The average Bonchev–Trinajstić information content (AvgIpc) is 2.88. The van der Waals surface area contributed by atoms with Crippen molar-refractivity contribution in [1.29, 1.82) is 0 Å². The Bertz CT molecular complexity index is 503. The second kappa shape index (κ2) is 5.66. The van der Waals surface area contributed by atoms with Crippen LogP contribution in [0.2, 0.25) is 0 Å². The zero-order chi connectivity index (χ0) is 14.0. The van der Waals surface area contributed by atoms with Crippen LogP contribution in [0, 0.1) is 5.21 Å². The van der Waals surface area contributed by atoms with E-state index in [9.17, 15) is 14.8 Å². The topological polar surface area (TPSA) is 79.0 Å². The highest BCUT2D eigenvalue weighted by Crippen LogP contribution is 2.21. The molecule has 0 aliphatic carbocycles. The van der Waals surface area contributed by atoms with Crippen molar-refractivity contribution in [3.05, 3.63) is 17.9 Å². The first-order chi connectivity index (χ1) is 9.04. The monoisotopic (exact) mass is 300 g/mol. The minimum atomic E-state index is -0.149. The molecule has 0 aromatic heterocycles. The van der Waals surface area contributed by atoms with Gasteiger partial charge in [0.25, 0.3) is 0 Å². The molecule has 2 amide bonds. The fourth-order valence-corrected chi connectivity index (χ4v) is 3.26. The highest BCUT2D eigenvalue weighted by molar-refractivity contribution is 8.15. The number of carbonyl (C=O) groups excluding carboxylic acids is 2. The fraction of sp³-hybridized carbons (Fsp3) is 0.400. The van der Waals surface area contributed by atoms with E-state index in [4.69, 9.17) is 0 Å². The molecule has 0 atom stereocenters. The summed E-state index contributed by atoms with van der Waals surface area (Å²) in [5.74, 6) is 0.250. The molecule has 0 spiro atoms. The highest BCUT2D eigenvalue weighted by Gasteiger charge is 2.37. The van der Waals surface area contributed by atoms with Gasteiger partial charge in [-0.1, -0.05) is 29.5 Å². The third kappa shape index (κ3) is 2.76. The fourth-order valence-electron chi connectivity index (χ4n) is 1.50. The Morgan fingerprint density at radius 3 is 2.68 bits per heavy atom. The maximum absolute atomic E-state index is 12.0. The Kier molecular flexibility index (Phi) is 4.15. The van der Waals surface area contributed by atoms with E-state index in [-0.39, 0.29) is 35.0 Å². The van der Waals surface area contributed by atoms with Crippen molar-refractivity contribution in [2.75, 3.05) is 25.1 Å². The van der Waals surface area contributed by atoms with Gasteiger partial charge in [-0.25, -0.2) is 4.79 Å². The summed E-state index contributed by atoms with van der Waals surface area (Å²) in [6.07, 6.45) is 1.55. The minimum Gasteiger partial charge on any atom is -0.690 e. The Labute approximate surface area is 118 Å². The van der Waals surface area contributed by atoms with Crippen LogP contribution < -0.4 is 0 Å². The quantitative estimate of drug-likeness (QED) is 0.319. The second-order valence-corrected chi connectivity index (χ2v) is 5.65. The molecule has 0 N–H and O–H groups in total. The summed E-state index contributed by atoms with van der Waals surface area (Å²) in [5.41, 5.74) is 0. The van der Waals surface area contributed by atoms with Crippen LogP contribution >= 0.6 is 23.5 Å². The van der Waals surface area contributed by atoms with E-state index in [1.54, 1.807) is 13.1 Å². The Morgan fingerprint density at radius 2 is 2.11 bits per heavy atom. The van der Waals surface area contributed by atoms with Crippen molar-refractivity contribution >= 4 is 45.7 Å². The van der Waals surface area contributed by atoms with Crippen LogP contribution in [0.1, 0.15) is 0 Å². The lowest BCUT2D eigenvalue weighted by Crippen LogP contribution is -2.33. The van der Waals surface area contributed by atoms with E-state index < -0.39 is 0 Å². The number of thioether (sulfide) groups is 2. The third-order valence-electron chi connectivity index (χ3n) is 2.49. The van der Waals surface area contributed by atoms with Gasteiger partial charge in [0.15, 0.2) is 0 Å². The predicted molar refractivity (Wildman–Crippen MR) is 75.7 cm³/mol. The number of nitrogens with zero attached hydrogens (tertiary/aromatic N) is 4. The van der Waals surface area contributed by atoms with Gasteiger partial charge in [-0.2, -0.15) is 4.90 Å². The molecule has 102 valence electrons. The van der Waals surface area contributed by atoms with Gasteiger partial charge in [0.05, 0.1) is 5.75 Å². The van der Waals surface area contributed by atoms with Gasteiger partial charge in [0.2, 0.25) is 11.1 Å². The van der Waals surface area contributed by atoms with Crippen molar-refractivity contribution in [2.45, 2.75) is 0 Å². The first-order valence-corrected chi connectivity index (χ1v) is 7.38. The van der Waals surface area contributed by atoms with E-state index in [0.29, 0.717) is 10.0 Å². The van der Waals surface area contributed by atoms with Crippen molar-refractivity contribution in [1.82, 2.24) is 9.80 Å². The summed E-state index contributed by atoms with van der Waals surface area (Å²) in [6, 6.07) is 0. The van der Waals surface area contributed by atoms with Crippen molar-refractivity contribution in [2.24, 2.45) is 5.10 Å². The van der Waals surface area contributed by atoms with Crippen LogP contribution in [0.25, 0.3) is 0 Å². The Morgan fingerprint density at radius 1 is 1.42 bits per heavy atom. The smallest absolute Gasteiger partial charge is 0.346 e. The Balaban J connectivity index is 2.26. The zero-order valence-electron chi connectivity index (χ0n) is 10.2. The van der Waals surface area contributed by atoms with Crippen LogP contribution in [0.15, 0.2) is 17.8 Å². The molecule has 0 unspecified atom stereocenters. The summed E-state index contributed by atoms with van der Waals surface area (Å²) < 4.78 is 0. The molecule has 2 rings (SSSR count). The molecule has 9 heteroatoms. The number of hydrogen-bond acceptors (Lipinski definition) is 6. The largest absolute Gasteiger partial charge is 0.690 e. The number of hydrogen-bond donors (Lipinski definition) is 0. The molecule has 0 radical (unpaired) electrons. The molecule has 0 bridgehead atoms. The van der Waals surface area contributed by atoms with E-state index >= 15 is 0 Å². The predicted octanol–water partition coefficient (Wildman–Crippen LogP) is 0.0903. The van der Waals surface area contributed by atoms with Crippen LogP contribution in [-0.4, -0.2) is 61.9 Å². The molecule has 2 fully saturated rings.